The van der Waals surface area contributed by atoms with E-state index >= 15 is 0 Å². The Bertz CT molecular complexity index is 1570. The Hall–Kier alpha value is -3.85. The molecule has 6 rings (SSSR count). The highest BCUT2D eigenvalue weighted by atomic mass is 16.3. The summed E-state index contributed by atoms with van der Waals surface area (Å²) in [4.78, 5) is 13.3. The minimum Gasteiger partial charge on any atom is -0.463 e. The van der Waals surface area contributed by atoms with Crippen molar-refractivity contribution in [2.24, 2.45) is 0 Å². The van der Waals surface area contributed by atoms with Crippen LogP contribution in [0.15, 0.2) is 98.8 Å². The summed E-state index contributed by atoms with van der Waals surface area (Å²) in [6, 6.07) is 25.7. The third-order valence-corrected chi connectivity index (χ3v) is 5.35. The van der Waals surface area contributed by atoms with Gasteiger partial charge in [0.1, 0.15) is 22.1 Å². The summed E-state index contributed by atoms with van der Waals surface area (Å²) in [7, 11) is 0. The molecule has 28 heavy (non-hydrogen) atoms. The number of fused-ring (bicyclic) bond motifs is 7. The van der Waals surface area contributed by atoms with Gasteiger partial charge in [-0.1, -0.05) is 54.6 Å². The third-order valence-electron chi connectivity index (χ3n) is 5.35. The number of hydrogen-bond acceptors (Lipinski definition) is 3. The van der Waals surface area contributed by atoms with Gasteiger partial charge in [-0.2, -0.15) is 0 Å². The number of furan rings is 1. The van der Waals surface area contributed by atoms with Gasteiger partial charge < -0.3 is 8.83 Å². The summed E-state index contributed by atoms with van der Waals surface area (Å²) in [6.07, 6.45) is 1.63. The molecule has 0 aliphatic rings. The van der Waals surface area contributed by atoms with Gasteiger partial charge in [0.2, 0.25) is 5.43 Å². The van der Waals surface area contributed by atoms with E-state index in [1.54, 1.807) is 12.3 Å². The van der Waals surface area contributed by atoms with Crippen molar-refractivity contribution in [1.82, 2.24) is 0 Å². The van der Waals surface area contributed by atoms with Crippen molar-refractivity contribution >= 4 is 43.7 Å². The average molecular weight is 362 g/mol. The lowest BCUT2D eigenvalue weighted by Crippen LogP contribution is -2.02. The minimum absolute atomic E-state index is 0.0659. The first-order valence-electron chi connectivity index (χ1n) is 9.15. The molecule has 2 aromatic heterocycles. The molecule has 0 bridgehead atoms. The molecule has 132 valence electrons. The van der Waals surface area contributed by atoms with Gasteiger partial charge in [0.15, 0.2) is 0 Å². The number of benzene rings is 4. The monoisotopic (exact) mass is 362 g/mol. The first kappa shape index (κ1) is 15.2. The van der Waals surface area contributed by atoms with Crippen LogP contribution in [-0.4, -0.2) is 0 Å². The van der Waals surface area contributed by atoms with Crippen LogP contribution in [0.2, 0.25) is 0 Å². The normalized spacial score (nSPS) is 11.7. The summed E-state index contributed by atoms with van der Waals surface area (Å²) in [5.41, 5.74) is 3.86. The first-order valence-corrected chi connectivity index (χ1v) is 9.15. The smallest absolute Gasteiger partial charge is 0.204 e. The van der Waals surface area contributed by atoms with E-state index in [4.69, 9.17) is 8.83 Å². The Morgan fingerprint density at radius 2 is 1.43 bits per heavy atom. The van der Waals surface area contributed by atoms with E-state index in [0.717, 1.165) is 27.3 Å². The van der Waals surface area contributed by atoms with Gasteiger partial charge in [-0.05, 0) is 40.8 Å². The Labute approximate surface area is 159 Å². The summed E-state index contributed by atoms with van der Waals surface area (Å²) in [6.45, 7) is 0. The van der Waals surface area contributed by atoms with Crippen molar-refractivity contribution in [3.05, 3.63) is 95.3 Å². The molecule has 0 atom stereocenters. The molecule has 6 aromatic rings. The summed E-state index contributed by atoms with van der Waals surface area (Å²) in [5, 5.41) is 3.90. The van der Waals surface area contributed by atoms with Gasteiger partial charge in [-0.25, -0.2) is 0 Å². The second kappa shape index (κ2) is 5.57. The molecule has 0 radical (unpaired) electrons. The molecule has 0 saturated carbocycles. The summed E-state index contributed by atoms with van der Waals surface area (Å²) < 4.78 is 12.0. The van der Waals surface area contributed by atoms with Crippen LogP contribution in [0.4, 0.5) is 0 Å². The van der Waals surface area contributed by atoms with Gasteiger partial charge in [0.25, 0.3) is 0 Å². The second-order valence-corrected chi connectivity index (χ2v) is 6.92. The van der Waals surface area contributed by atoms with E-state index in [-0.39, 0.29) is 5.43 Å². The molecule has 0 unspecified atom stereocenters. The fourth-order valence-electron chi connectivity index (χ4n) is 4.03. The first-order chi connectivity index (χ1) is 13.8. The largest absolute Gasteiger partial charge is 0.463 e. The second-order valence-electron chi connectivity index (χ2n) is 6.92. The highest BCUT2D eigenvalue weighted by molar-refractivity contribution is 6.23. The van der Waals surface area contributed by atoms with Crippen LogP contribution in [0.3, 0.4) is 0 Å². The molecule has 0 fully saturated rings. The lowest BCUT2D eigenvalue weighted by molar-refractivity contribution is 0.617. The zero-order valence-electron chi connectivity index (χ0n) is 14.8. The molecular weight excluding hydrogens is 348 g/mol. The van der Waals surface area contributed by atoms with Crippen LogP contribution in [-0.2, 0) is 0 Å². The predicted octanol–water partition coefficient (Wildman–Crippen LogP) is 6.51. The van der Waals surface area contributed by atoms with Crippen LogP contribution in [0.1, 0.15) is 0 Å². The Kier molecular flexibility index (Phi) is 3.03. The van der Waals surface area contributed by atoms with Gasteiger partial charge in [0, 0.05) is 10.8 Å². The van der Waals surface area contributed by atoms with Crippen LogP contribution < -0.4 is 5.43 Å². The Balaban J connectivity index is 1.86. The predicted molar refractivity (Wildman–Crippen MR) is 113 cm³/mol. The molecule has 0 aliphatic carbocycles. The zero-order valence-corrected chi connectivity index (χ0v) is 14.8. The summed E-state index contributed by atoms with van der Waals surface area (Å²) >= 11 is 0. The van der Waals surface area contributed by atoms with Crippen LogP contribution >= 0.6 is 0 Å². The molecule has 0 aliphatic heterocycles. The molecular formula is C25H14O3. The van der Waals surface area contributed by atoms with Crippen molar-refractivity contribution in [3.8, 4) is 11.1 Å². The maximum absolute atomic E-state index is 13.3. The molecule has 0 spiro atoms. The van der Waals surface area contributed by atoms with Crippen molar-refractivity contribution in [2.45, 2.75) is 0 Å². The quantitative estimate of drug-likeness (QED) is 0.247. The minimum atomic E-state index is -0.0659. The zero-order chi connectivity index (χ0) is 18.7. The molecule has 3 heteroatoms. The molecule has 2 heterocycles. The average Bonchev–Trinajstić information content (AvgIpc) is 3.24. The van der Waals surface area contributed by atoms with E-state index < -0.39 is 0 Å². The van der Waals surface area contributed by atoms with Crippen molar-refractivity contribution < 1.29 is 8.83 Å². The van der Waals surface area contributed by atoms with E-state index in [0.29, 0.717) is 27.5 Å². The van der Waals surface area contributed by atoms with E-state index in [9.17, 15) is 4.79 Å². The number of para-hydroxylation sites is 1. The molecule has 0 N–H and O–H groups in total. The Morgan fingerprint density at radius 1 is 0.607 bits per heavy atom. The van der Waals surface area contributed by atoms with Gasteiger partial charge in [-0.15, -0.1) is 0 Å². The SMILES string of the molecule is O=c1c2ccccc2oc2c3cc(-c4ccccc4)ccc3c3ccoc3c12. The van der Waals surface area contributed by atoms with E-state index in [1.807, 2.05) is 42.5 Å². The Morgan fingerprint density at radius 3 is 2.32 bits per heavy atom. The van der Waals surface area contributed by atoms with Crippen molar-refractivity contribution in [2.75, 3.05) is 0 Å². The fraction of sp³-hybridized carbons (Fsp3) is 0. The van der Waals surface area contributed by atoms with Crippen LogP contribution in [0.25, 0.3) is 54.8 Å². The summed E-state index contributed by atoms with van der Waals surface area (Å²) in [5.74, 6) is 0. The molecule has 0 saturated heterocycles. The van der Waals surface area contributed by atoms with Gasteiger partial charge in [-0.3, -0.25) is 4.79 Å². The van der Waals surface area contributed by atoms with E-state index in [1.165, 1.54) is 0 Å². The molecule has 0 amide bonds. The maximum atomic E-state index is 13.3. The molecule has 4 aromatic carbocycles. The van der Waals surface area contributed by atoms with E-state index in [2.05, 4.69) is 30.3 Å². The topological polar surface area (TPSA) is 43.4 Å². The standard InChI is InChI=1S/C25H14O3/c26-23-19-8-4-5-9-21(19)28-25-20-14-16(15-6-2-1-3-7-15)10-11-17(20)18-12-13-27-24(18)22(23)25/h1-14H. The molecule has 3 nitrogen and oxygen atoms in total. The van der Waals surface area contributed by atoms with Gasteiger partial charge in [0.05, 0.1) is 11.6 Å². The van der Waals surface area contributed by atoms with Crippen LogP contribution in [0, 0.1) is 0 Å². The number of rotatable bonds is 1. The highest BCUT2D eigenvalue weighted by Gasteiger charge is 2.18. The number of hydrogen-bond donors (Lipinski definition) is 0. The fourth-order valence-corrected chi connectivity index (χ4v) is 4.03. The lowest BCUT2D eigenvalue weighted by atomic mass is 9.97. The van der Waals surface area contributed by atoms with Crippen molar-refractivity contribution in [1.29, 1.82) is 0 Å². The lowest BCUT2D eigenvalue weighted by Gasteiger charge is -2.09. The highest BCUT2D eigenvalue weighted by Crippen LogP contribution is 2.37. The van der Waals surface area contributed by atoms with Crippen molar-refractivity contribution in [3.63, 3.8) is 0 Å². The van der Waals surface area contributed by atoms with Crippen LogP contribution in [0.5, 0.6) is 0 Å². The third kappa shape index (κ3) is 2.01. The maximum Gasteiger partial charge on any atom is 0.204 e. The van der Waals surface area contributed by atoms with Gasteiger partial charge >= 0.3 is 0 Å².